The number of rotatable bonds is 4. The predicted octanol–water partition coefficient (Wildman–Crippen LogP) is 1.92. The molecule has 0 bridgehead atoms. The fourth-order valence-electron chi connectivity index (χ4n) is 1.51. The lowest BCUT2D eigenvalue weighted by atomic mass is 10.3. The second kappa shape index (κ2) is 5.64. The van der Waals surface area contributed by atoms with Crippen molar-refractivity contribution in [3.8, 4) is 0 Å². The van der Waals surface area contributed by atoms with Crippen molar-refractivity contribution in [1.82, 2.24) is 14.7 Å². The maximum Gasteiger partial charge on any atom is 0.243 e. The van der Waals surface area contributed by atoms with Crippen molar-refractivity contribution in [2.24, 2.45) is 0 Å². The van der Waals surface area contributed by atoms with Gasteiger partial charge in [0.05, 0.1) is 17.3 Å². The summed E-state index contributed by atoms with van der Waals surface area (Å²) in [4.78, 5) is 7.94. The molecule has 0 saturated heterocycles. The standard InChI is InChI=1S/C12H12ClN3O2S/c1-9-3-2-4-10(16-9)7-15-19(17,18)12-8-14-6-5-11(12)13/h2-6,8,15H,7H2,1H3. The Morgan fingerprint density at radius 3 is 2.79 bits per heavy atom. The molecular weight excluding hydrogens is 286 g/mol. The van der Waals surface area contributed by atoms with Crippen LogP contribution in [0.4, 0.5) is 0 Å². The molecule has 0 saturated carbocycles. The first kappa shape index (κ1) is 13.9. The molecule has 0 unspecified atom stereocenters. The second-order valence-electron chi connectivity index (χ2n) is 3.90. The highest BCUT2D eigenvalue weighted by Gasteiger charge is 2.17. The van der Waals surface area contributed by atoms with Crippen molar-refractivity contribution in [1.29, 1.82) is 0 Å². The third-order valence-corrected chi connectivity index (χ3v) is 4.28. The van der Waals surface area contributed by atoms with Gasteiger partial charge in [0.25, 0.3) is 0 Å². The summed E-state index contributed by atoms with van der Waals surface area (Å²) in [5.74, 6) is 0. The minimum Gasteiger partial charge on any atom is -0.263 e. The molecular formula is C12H12ClN3O2S. The minimum absolute atomic E-state index is 0.0377. The first-order chi connectivity index (χ1) is 8.99. The van der Waals surface area contributed by atoms with E-state index in [1.165, 1.54) is 18.5 Å². The smallest absolute Gasteiger partial charge is 0.243 e. The Hall–Kier alpha value is -1.50. The number of nitrogens with zero attached hydrogens (tertiary/aromatic N) is 2. The van der Waals surface area contributed by atoms with Gasteiger partial charge in [-0.05, 0) is 25.1 Å². The van der Waals surface area contributed by atoms with Gasteiger partial charge in [0.2, 0.25) is 10.0 Å². The maximum atomic E-state index is 12.0. The normalized spacial score (nSPS) is 11.5. The molecule has 0 aliphatic heterocycles. The molecule has 0 aliphatic carbocycles. The molecule has 19 heavy (non-hydrogen) atoms. The van der Waals surface area contributed by atoms with E-state index in [9.17, 15) is 8.42 Å². The lowest BCUT2D eigenvalue weighted by Gasteiger charge is -2.07. The fraction of sp³-hybridized carbons (Fsp3) is 0.167. The highest BCUT2D eigenvalue weighted by atomic mass is 35.5. The van der Waals surface area contributed by atoms with Crippen LogP contribution in [0.1, 0.15) is 11.4 Å². The molecule has 1 N–H and O–H groups in total. The van der Waals surface area contributed by atoms with Gasteiger partial charge in [-0.1, -0.05) is 17.7 Å². The highest BCUT2D eigenvalue weighted by Crippen LogP contribution is 2.19. The minimum atomic E-state index is -3.69. The van der Waals surface area contributed by atoms with Crippen molar-refractivity contribution >= 4 is 21.6 Å². The van der Waals surface area contributed by atoms with Gasteiger partial charge < -0.3 is 0 Å². The quantitative estimate of drug-likeness (QED) is 0.936. The van der Waals surface area contributed by atoms with E-state index in [2.05, 4.69) is 14.7 Å². The number of hydrogen-bond donors (Lipinski definition) is 1. The van der Waals surface area contributed by atoms with Crippen LogP contribution in [-0.2, 0) is 16.6 Å². The maximum absolute atomic E-state index is 12.0. The van der Waals surface area contributed by atoms with Crippen LogP contribution in [-0.4, -0.2) is 18.4 Å². The number of sulfonamides is 1. The van der Waals surface area contributed by atoms with E-state index in [4.69, 9.17) is 11.6 Å². The lowest BCUT2D eigenvalue weighted by molar-refractivity contribution is 0.580. The summed E-state index contributed by atoms with van der Waals surface area (Å²) in [5.41, 5.74) is 1.47. The van der Waals surface area contributed by atoms with E-state index >= 15 is 0 Å². The molecule has 0 atom stereocenters. The first-order valence-corrected chi connectivity index (χ1v) is 7.37. The van der Waals surface area contributed by atoms with Crippen LogP contribution in [0.5, 0.6) is 0 Å². The Morgan fingerprint density at radius 2 is 2.11 bits per heavy atom. The number of aryl methyl sites for hydroxylation is 1. The Kier molecular flexibility index (Phi) is 4.14. The van der Waals surface area contributed by atoms with E-state index in [0.717, 1.165) is 5.69 Å². The molecule has 7 heteroatoms. The van der Waals surface area contributed by atoms with Gasteiger partial charge in [-0.15, -0.1) is 0 Å². The molecule has 100 valence electrons. The molecule has 2 aromatic rings. The summed E-state index contributed by atoms with van der Waals surface area (Å²) in [6, 6.07) is 6.85. The number of aromatic nitrogens is 2. The van der Waals surface area contributed by atoms with Crippen LogP contribution in [0.2, 0.25) is 5.02 Å². The fourth-order valence-corrected chi connectivity index (χ4v) is 2.93. The number of halogens is 1. The Labute approximate surface area is 116 Å². The molecule has 0 spiro atoms. The van der Waals surface area contributed by atoms with Gasteiger partial charge in [0, 0.05) is 18.1 Å². The van der Waals surface area contributed by atoms with Gasteiger partial charge in [-0.2, -0.15) is 0 Å². The number of hydrogen-bond acceptors (Lipinski definition) is 4. The second-order valence-corrected chi connectivity index (χ2v) is 6.04. The van der Waals surface area contributed by atoms with Gasteiger partial charge in [-0.3, -0.25) is 9.97 Å². The molecule has 0 fully saturated rings. The van der Waals surface area contributed by atoms with Crippen LogP contribution in [0, 0.1) is 6.92 Å². The zero-order chi connectivity index (χ0) is 13.9. The Balaban J connectivity index is 2.17. The molecule has 2 rings (SSSR count). The summed E-state index contributed by atoms with van der Waals surface area (Å²) in [7, 11) is -3.69. The SMILES string of the molecule is Cc1cccc(CNS(=O)(=O)c2cnccc2Cl)n1. The van der Waals surface area contributed by atoms with Gasteiger partial charge in [-0.25, -0.2) is 13.1 Å². The number of pyridine rings is 2. The average Bonchev–Trinajstić information content (AvgIpc) is 2.37. The lowest BCUT2D eigenvalue weighted by Crippen LogP contribution is -2.24. The summed E-state index contributed by atoms with van der Waals surface area (Å²) < 4.78 is 26.5. The van der Waals surface area contributed by atoms with Crippen molar-refractivity contribution in [2.75, 3.05) is 0 Å². The van der Waals surface area contributed by atoms with Gasteiger partial charge in [0.15, 0.2) is 0 Å². The van der Waals surface area contributed by atoms with Crippen LogP contribution in [0.3, 0.4) is 0 Å². The van der Waals surface area contributed by atoms with Crippen molar-refractivity contribution in [3.63, 3.8) is 0 Å². The van der Waals surface area contributed by atoms with Gasteiger partial charge >= 0.3 is 0 Å². The topological polar surface area (TPSA) is 72.0 Å². The molecule has 0 aromatic carbocycles. The molecule has 0 radical (unpaired) electrons. The molecule has 5 nitrogen and oxygen atoms in total. The van der Waals surface area contributed by atoms with Crippen LogP contribution >= 0.6 is 11.6 Å². The summed E-state index contributed by atoms with van der Waals surface area (Å²) in [5, 5.41) is 0.139. The summed E-state index contributed by atoms with van der Waals surface area (Å²) in [6.45, 7) is 1.95. The van der Waals surface area contributed by atoms with E-state index in [1.54, 1.807) is 6.07 Å². The monoisotopic (exact) mass is 297 g/mol. The van der Waals surface area contributed by atoms with E-state index < -0.39 is 10.0 Å². The average molecular weight is 298 g/mol. The van der Waals surface area contributed by atoms with Crippen LogP contribution < -0.4 is 4.72 Å². The molecule has 2 aromatic heterocycles. The first-order valence-electron chi connectivity index (χ1n) is 5.51. The molecule has 2 heterocycles. The zero-order valence-electron chi connectivity index (χ0n) is 10.2. The summed E-state index contributed by atoms with van der Waals surface area (Å²) in [6.07, 6.45) is 2.65. The highest BCUT2D eigenvalue weighted by molar-refractivity contribution is 7.89. The number of nitrogens with one attached hydrogen (secondary N) is 1. The van der Waals surface area contributed by atoms with E-state index in [0.29, 0.717) is 5.69 Å². The zero-order valence-corrected chi connectivity index (χ0v) is 11.7. The summed E-state index contributed by atoms with van der Waals surface area (Å²) >= 11 is 5.84. The van der Waals surface area contributed by atoms with Crippen molar-refractivity contribution in [2.45, 2.75) is 18.4 Å². The Morgan fingerprint density at radius 1 is 1.32 bits per heavy atom. The third-order valence-electron chi connectivity index (χ3n) is 2.41. The third kappa shape index (κ3) is 3.50. The van der Waals surface area contributed by atoms with Crippen LogP contribution in [0.15, 0.2) is 41.6 Å². The molecule has 0 amide bonds. The Bertz CT molecular complexity index is 689. The van der Waals surface area contributed by atoms with E-state index in [1.807, 2.05) is 19.1 Å². The van der Waals surface area contributed by atoms with Crippen molar-refractivity contribution in [3.05, 3.63) is 53.1 Å². The largest absolute Gasteiger partial charge is 0.263 e. The van der Waals surface area contributed by atoms with Crippen LogP contribution in [0.25, 0.3) is 0 Å². The van der Waals surface area contributed by atoms with E-state index in [-0.39, 0.29) is 16.5 Å². The predicted molar refractivity (Wildman–Crippen MR) is 72.2 cm³/mol. The molecule has 0 aliphatic rings. The van der Waals surface area contributed by atoms with Gasteiger partial charge in [0.1, 0.15) is 4.90 Å². The van der Waals surface area contributed by atoms with Crippen molar-refractivity contribution < 1.29 is 8.42 Å².